The molecule has 2 rings (SSSR count). The third-order valence-electron chi connectivity index (χ3n) is 3.39. The van der Waals surface area contributed by atoms with E-state index in [1.165, 1.54) is 11.8 Å². The standard InChI is InChI=1S/C17H22N2O4S/c1-12-15(24-11-10-23-12)17(21)19-14-6-4-13(5-7-14)16(20)18-8-3-9-22-2/h4-7H,3,8-11H2,1-2H3,(H,18,20)(H,19,21). The summed E-state index contributed by atoms with van der Waals surface area (Å²) in [4.78, 5) is 24.8. The number of allylic oxidation sites excluding steroid dienone is 1. The van der Waals surface area contributed by atoms with Crippen LogP contribution in [0, 0.1) is 0 Å². The molecule has 1 aromatic carbocycles. The SMILES string of the molecule is COCCCNC(=O)c1ccc(NC(=O)C2=C(C)OCCS2)cc1. The number of nitrogens with one attached hydrogen (secondary N) is 2. The van der Waals surface area contributed by atoms with E-state index >= 15 is 0 Å². The number of benzene rings is 1. The largest absolute Gasteiger partial charge is 0.496 e. The smallest absolute Gasteiger partial charge is 0.265 e. The highest BCUT2D eigenvalue weighted by molar-refractivity contribution is 8.04. The van der Waals surface area contributed by atoms with Gasteiger partial charge in [0.2, 0.25) is 0 Å². The number of rotatable bonds is 7. The third kappa shape index (κ3) is 5.28. The Hall–Kier alpha value is -1.99. The highest BCUT2D eigenvalue weighted by Gasteiger charge is 2.18. The number of amides is 2. The Labute approximate surface area is 146 Å². The molecule has 6 nitrogen and oxygen atoms in total. The number of carbonyl (C=O) groups excluding carboxylic acids is 2. The first-order chi connectivity index (χ1) is 11.6. The summed E-state index contributed by atoms with van der Waals surface area (Å²) >= 11 is 1.49. The van der Waals surface area contributed by atoms with Gasteiger partial charge < -0.3 is 20.1 Å². The van der Waals surface area contributed by atoms with E-state index in [0.29, 0.717) is 41.7 Å². The van der Waals surface area contributed by atoms with Gasteiger partial charge in [-0.1, -0.05) is 0 Å². The van der Waals surface area contributed by atoms with Crippen LogP contribution in [-0.2, 0) is 14.3 Å². The zero-order chi connectivity index (χ0) is 17.4. The molecular weight excluding hydrogens is 328 g/mol. The van der Waals surface area contributed by atoms with Crippen LogP contribution in [0.3, 0.4) is 0 Å². The van der Waals surface area contributed by atoms with Crippen LogP contribution < -0.4 is 10.6 Å². The number of anilines is 1. The van der Waals surface area contributed by atoms with Crippen molar-refractivity contribution in [2.75, 3.05) is 37.9 Å². The molecular formula is C17H22N2O4S. The minimum Gasteiger partial charge on any atom is -0.496 e. The van der Waals surface area contributed by atoms with E-state index in [2.05, 4.69) is 10.6 Å². The molecule has 1 aliphatic heterocycles. The zero-order valence-electron chi connectivity index (χ0n) is 13.9. The summed E-state index contributed by atoms with van der Waals surface area (Å²) in [5.41, 5.74) is 1.19. The molecule has 7 heteroatoms. The van der Waals surface area contributed by atoms with Crippen LogP contribution >= 0.6 is 11.8 Å². The van der Waals surface area contributed by atoms with E-state index in [1.807, 2.05) is 0 Å². The van der Waals surface area contributed by atoms with E-state index < -0.39 is 0 Å². The molecule has 0 spiro atoms. The molecule has 130 valence electrons. The molecule has 0 bridgehead atoms. The first-order valence-electron chi connectivity index (χ1n) is 7.77. The van der Waals surface area contributed by atoms with Crippen molar-refractivity contribution >= 4 is 29.3 Å². The number of ether oxygens (including phenoxy) is 2. The molecule has 0 radical (unpaired) electrons. The maximum absolute atomic E-state index is 12.2. The van der Waals surface area contributed by atoms with Crippen LogP contribution in [0.4, 0.5) is 5.69 Å². The van der Waals surface area contributed by atoms with Crippen LogP contribution in [0.1, 0.15) is 23.7 Å². The highest BCUT2D eigenvalue weighted by atomic mass is 32.2. The summed E-state index contributed by atoms with van der Waals surface area (Å²) in [6.07, 6.45) is 0.768. The normalized spacial score (nSPS) is 14.1. The minimum absolute atomic E-state index is 0.140. The summed E-state index contributed by atoms with van der Waals surface area (Å²) in [5, 5.41) is 5.64. The van der Waals surface area contributed by atoms with Gasteiger partial charge in [-0.15, -0.1) is 11.8 Å². The van der Waals surface area contributed by atoms with Gasteiger partial charge in [-0.3, -0.25) is 9.59 Å². The quantitative estimate of drug-likeness (QED) is 0.739. The predicted molar refractivity (Wildman–Crippen MR) is 95.0 cm³/mol. The van der Waals surface area contributed by atoms with Crippen LogP contribution in [0.25, 0.3) is 0 Å². The number of thioether (sulfide) groups is 1. The summed E-state index contributed by atoms with van der Waals surface area (Å²) in [7, 11) is 1.63. The van der Waals surface area contributed by atoms with Gasteiger partial charge in [0.25, 0.3) is 11.8 Å². The van der Waals surface area contributed by atoms with Gasteiger partial charge in [-0.25, -0.2) is 0 Å². The summed E-state index contributed by atoms with van der Waals surface area (Å²) in [6.45, 7) is 3.59. The van der Waals surface area contributed by atoms with Crippen molar-refractivity contribution in [3.63, 3.8) is 0 Å². The maximum atomic E-state index is 12.2. The zero-order valence-corrected chi connectivity index (χ0v) is 14.7. The second-order valence-corrected chi connectivity index (χ2v) is 6.32. The van der Waals surface area contributed by atoms with Gasteiger partial charge in [-0.05, 0) is 37.6 Å². The van der Waals surface area contributed by atoms with E-state index in [0.717, 1.165) is 12.2 Å². The fraction of sp³-hybridized carbons (Fsp3) is 0.412. The molecule has 1 aromatic rings. The lowest BCUT2D eigenvalue weighted by Gasteiger charge is -2.17. The lowest BCUT2D eigenvalue weighted by Crippen LogP contribution is -2.25. The maximum Gasteiger partial charge on any atom is 0.265 e. The lowest BCUT2D eigenvalue weighted by molar-refractivity contribution is -0.112. The first kappa shape index (κ1) is 18.4. The third-order valence-corrected chi connectivity index (χ3v) is 4.52. The second-order valence-electron chi connectivity index (χ2n) is 5.22. The Balaban J connectivity index is 1.89. The summed E-state index contributed by atoms with van der Waals surface area (Å²) in [6, 6.07) is 6.80. The predicted octanol–water partition coefficient (Wildman–Crippen LogP) is 2.39. The average Bonchev–Trinajstić information content (AvgIpc) is 2.59. The first-order valence-corrected chi connectivity index (χ1v) is 8.75. The van der Waals surface area contributed by atoms with Gasteiger partial charge >= 0.3 is 0 Å². The van der Waals surface area contributed by atoms with E-state index in [9.17, 15) is 9.59 Å². The lowest BCUT2D eigenvalue weighted by atomic mass is 10.2. The molecule has 1 heterocycles. The number of carbonyl (C=O) groups is 2. The Kier molecular flexibility index (Phi) is 7.14. The molecule has 24 heavy (non-hydrogen) atoms. The summed E-state index contributed by atoms with van der Waals surface area (Å²) in [5.74, 6) is 1.09. The van der Waals surface area contributed by atoms with Crippen molar-refractivity contribution in [1.29, 1.82) is 0 Å². The van der Waals surface area contributed by atoms with Crippen molar-refractivity contribution in [1.82, 2.24) is 5.32 Å². The van der Waals surface area contributed by atoms with Crippen molar-refractivity contribution in [2.24, 2.45) is 0 Å². The van der Waals surface area contributed by atoms with Gasteiger partial charge in [0.05, 0.1) is 6.61 Å². The topological polar surface area (TPSA) is 76.7 Å². The molecule has 0 aliphatic carbocycles. The molecule has 2 N–H and O–H groups in total. The molecule has 0 saturated heterocycles. The molecule has 0 atom stereocenters. The van der Waals surface area contributed by atoms with Gasteiger partial charge in [0.1, 0.15) is 10.7 Å². The van der Waals surface area contributed by atoms with Crippen LogP contribution in [0.5, 0.6) is 0 Å². The van der Waals surface area contributed by atoms with Crippen LogP contribution in [0.15, 0.2) is 34.9 Å². The summed E-state index contributed by atoms with van der Waals surface area (Å²) < 4.78 is 10.3. The molecule has 2 amide bonds. The Morgan fingerprint density at radius 1 is 1.25 bits per heavy atom. The Bertz CT molecular complexity index is 614. The second kappa shape index (κ2) is 9.34. The average molecular weight is 350 g/mol. The van der Waals surface area contributed by atoms with Crippen LogP contribution in [-0.4, -0.2) is 44.4 Å². The fourth-order valence-corrected chi connectivity index (χ4v) is 2.96. The molecule has 0 aromatic heterocycles. The van der Waals surface area contributed by atoms with E-state index in [4.69, 9.17) is 9.47 Å². The molecule has 0 saturated carbocycles. The van der Waals surface area contributed by atoms with Crippen molar-refractivity contribution in [3.8, 4) is 0 Å². The van der Waals surface area contributed by atoms with Crippen molar-refractivity contribution in [3.05, 3.63) is 40.5 Å². The number of hydrogen-bond acceptors (Lipinski definition) is 5. The highest BCUT2D eigenvalue weighted by Crippen LogP contribution is 2.26. The monoisotopic (exact) mass is 350 g/mol. The molecule has 1 aliphatic rings. The number of methoxy groups -OCH3 is 1. The minimum atomic E-state index is -0.186. The van der Waals surface area contributed by atoms with Crippen LogP contribution in [0.2, 0.25) is 0 Å². The van der Waals surface area contributed by atoms with Gasteiger partial charge in [0.15, 0.2) is 0 Å². The Morgan fingerprint density at radius 2 is 2.00 bits per heavy atom. The molecule has 0 fully saturated rings. The van der Waals surface area contributed by atoms with Crippen molar-refractivity contribution in [2.45, 2.75) is 13.3 Å². The molecule has 0 unspecified atom stereocenters. The van der Waals surface area contributed by atoms with Gasteiger partial charge in [0, 0.05) is 37.3 Å². The van der Waals surface area contributed by atoms with E-state index in [1.54, 1.807) is 38.3 Å². The Morgan fingerprint density at radius 3 is 2.67 bits per heavy atom. The van der Waals surface area contributed by atoms with Gasteiger partial charge in [-0.2, -0.15) is 0 Å². The fourth-order valence-electron chi connectivity index (χ4n) is 2.14. The number of hydrogen-bond donors (Lipinski definition) is 2. The van der Waals surface area contributed by atoms with Crippen molar-refractivity contribution < 1.29 is 19.1 Å². The van der Waals surface area contributed by atoms with E-state index in [-0.39, 0.29) is 11.8 Å².